The molecule has 0 N–H and O–H groups in total. The largest absolute Gasteiger partial charge is 0.444 e. The summed E-state index contributed by atoms with van der Waals surface area (Å²) in [5.74, 6) is 1.97. The number of nitrogens with zero attached hydrogens (tertiary/aromatic N) is 1. The number of fused-ring (bicyclic) bond motifs is 8. The Morgan fingerprint density at radius 3 is 2.74 bits per heavy atom. The van der Waals surface area contributed by atoms with Crippen LogP contribution in [0.3, 0.4) is 0 Å². The number of ether oxygens (including phenoxy) is 2. The van der Waals surface area contributed by atoms with Gasteiger partial charge in [0.25, 0.3) is 0 Å². The third kappa shape index (κ3) is 1.52. The number of hydrogen-bond donors (Lipinski definition) is 0. The Kier molecular flexibility index (Phi) is 2.07. The fraction of sp³-hybridized carbons (Fsp3) is 0.933. The highest BCUT2D eigenvalue weighted by molar-refractivity contribution is 5.69. The number of hydrogen-bond acceptors (Lipinski definition) is 3. The van der Waals surface area contributed by atoms with E-state index in [0.29, 0.717) is 30.0 Å². The molecule has 0 aromatic rings. The first-order chi connectivity index (χ1) is 8.79. The maximum absolute atomic E-state index is 12.2. The van der Waals surface area contributed by atoms with E-state index in [1.807, 2.05) is 25.7 Å². The third-order valence-electron chi connectivity index (χ3n) is 5.72. The molecule has 0 aromatic carbocycles. The molecule has 2 unspecified atom stereocenters. The van der Waals surface area contributed by atoms with Gasteiger partial charge in [-0.25, -0.2) is 4.79 Å². The fourth-order valence-corrected chi connectivity index (χ4v) is 4.92. The predicted molar refractivity (Wildman–Crippen MR) is 69.7 cm³/mol. The van der Waals surface area contributed by atoms with Gasteiger partial charge in [-0.15, -0.1) is 0 Å². The Morgan fingerprint density at radius 1 is 1.32 bits per heavy atom. The molecular formula is C15H23NO3. The number of likely N-dealkylation sites (tertiary alicyclic amines) is 1. The Bertz CT molecular complexity index is 443. The fourth-order valence-electron chi connectivity index (χ4n) is 4.92. The first kappa shape index (κ1) is 12.0. The van der Waals surface area contributed by atoms with Crippen LogP contribution in [0.4, 0.5) is 4.79 Å². The molecule has 19 heavy (non-hydrogen) atoms. The van der Waals surface area contributed by atoms with Crippen LogP contribution in [0, 0.1) is 23.2 Å². The van der Waals surface area contributed by atoms with Gasteiger partial charge in [-0.2, -0.15) is 0 Å². The zero-order valence-corrected chi connectivity index (χ0v) is 12.2. The van der Waals surface area contributed by atoms with Gasteiger partial charge in [0.2, 0.25) is 0 Å². The van der Waals surface area contributed by atoms with Gasteiger partial charge in [0, 0.05) is 13.1 Å². The second-order valence-electron chi connectivity index (χ2n) is 8.04. The maximum atomic E-state index is 12.2. The van der Waals surface area contributed by atoms with Crippen LogP contribution in [0.5, 0.6) is 0 Å². The topological polar surface area (TPSA) is 42.1 Å². The highest BCUT2D eigenvalue weighted by atomic mass is 16.6. The van der Waals surface area contributed by atoms with Crippen LogP contribution in [0.1, 0.15) is 34.1 Å². The lowest BCUT2D eigenvalue weighted by Crippen LogP contribution is -2.39. The van der Waals surface area contributed by atoms with Crippen molar-refractivity contribution in [2.75, 3.05) is 13.1 Å². The number of amides is 1. The summed E-state index contributed by atoms with van der Waals surface area (Å²) in [5.41, 5.74) is -0.140. The number of carbonyl (C=O) groups excluding carboxylic acids is 1. The second-order valence-corrected chi connectivity index (χ2v) is 8.04. The van der Waals surface area contributed by atoms with E-state index in [4.69, 9.17) is 9.47 Å². The van der Waals surface area contributed by atoms with Gasteiger partial charge in [0.15, 0.2) is 0 Å². The summed E-state index contributed by atoms with van der Waals surface area (Å²) < 4.78 is 11.3. The van der Waals surface area contributed by atoms with Crippen LogP contribution in [0.25, 0.3) is 0 Å². The van der Waals surface area contributed by atoms with Crippen LogP contribution >= 0.6 is 0 Å². The average Bonchev–Trinajstić information content (AvgIpc) is 2.73. The van der Waals surface area contributed by atoms with E-state index in [0.717, 1.165) is 13.1 Å². The molecule has 106 valence electrons. The van der Waals surface area contributed by atoms with Crippen LogP contribution in [-0.2, 0) is 9.47 Å². The molecule has 4 heteroatoms. The summed E-state index contributed by atoms with van der Waals surface area (Å²) in [4.78, 5) is 14.2. The second kappa shape index (κ2) is 3.27. The summed E-state index contributed by atoms with van der Waals surface area (Å²) in [7, 11) is 0. The SMILES string of the molecule is CC(C)(C)OC(=O)N1C[C@@H]2[C@H]3C[C@H](C4OC43)[C@]2(C)C1. The molecule has 4 rings (SSSR count). The molecule has 0 spiro atoms. The van der Waals surface area contributed by atoms with Gasteiger partial charge in [0.05, 0.1) is 12.2 Å². The highest BCUT2D eigenvalue weighted by Crippen LogP contribution is 2.68. The molecule has 2 saturated carbocycles. The maximum Gasteiger partial charge on any atom is 0.410 e. The molecular weight excluding hydrogens is 242 g/mol. The molecule has 4 aliphatic rings. The number of carbonyl (C=O) groups is 1. The van der Waals surface area contributed by atoms with Crippen LogP contribution in [0.15, 0.2) is 0 Å². The van der Waals surface area contributed by atoms with Crippen LogP contribution < -0.4 is 0 Å². The predicted octanol–water partition coefficient (Wildman–Crippen LogP) is 2.28. The highest BCUT2D eigenvalue weighted by Gasteiger charge is 2.73. The summed E-state index contributed by atoms with van der Waals surface area (Å²) in [6.07, 6.45) is 2.20. The van der Waals surface area contributed by atoms with Crippen molar-refractivity contribution in [1.29, 1.82) is 0 Å². The molecule has 0 radical (unpaired) electrons. The normalized spacial score (nSPS) is 50.1. The molecule has 2 aliphatic carbocycles. The van der Waals surface area contributed by atoms with Crippen molar-refractivity contribution in [2.45, 2.75) is 51.9 Å². The molecule has 0 aromatic heterocycles. The summed E-state index contributed by atoms with van der Waals surface area (Å²) in [6.45, 7) is 9.84. The molecule has 2 aliphatic heterocycles. The van der Waals surface area contributed by atoms with Gasteiger partial charge in [-0.05, 0) is 50.4 Å². The molecule has 6 atom stereocenters. The van der Waals surface area contributed by atoms with Crippen molar-refractivity contribution in [2.24, 2.45) is 23.2 Å². The molecule has 1 amide bonds. The van der Waals surface area contributed by atoms with Crippen molar-refractivity contribution in [3.05, 3.63) is 0 Å². The first-order valence-electron chi connectivity index (χ1n) is 7.43. The van der Waals surface area contributed by atoms with Gasteiger partial charge in [0.1, 0.15) is 5.60 Å². The van der Waals surface area contributed by atoms with Crippen molar-refractivity contribution in [1.82, 2.24) is 4.90 Å². The van der Waals surface area contributed by atoms with Gasteiger partial charge < -0.3 is 14.4 Å². The van der Waals surface area contributed by atoms with Crippen LogP contribution in [-0.4, -0.2) is 41.9 Å². The van der Waals surface area contributed by atoms with E-state index in [9.17, 15) is 4.79 Å². The lowest BCUT2D eigenvalue weighted by atomic mass is 9.70. The summed E-state index contributed by atoms with van der Waals surface area (Å²) in [6, 6.07) is 0. The van der Waals surface area contributed by atoms with Gasteiger partial charge in [-0.1, -0.05) is 6.92 Å². The van der Waals surface area contributed by atoms with E-state index >= 15 is 0 Å². The number of epoxide rings is 1. The van der Waals surface area contributed by atoms with Crippen molar-refractivity contribution >= 4 is 6.09 Å². The Morgan fingerprint density at radius 2 is 2.05 bits per heavy atom. The Balaban J connectivity index is 1.51. The quantitative estimate of drug-likeness (QED) is 0.631. The zero-order chi connectivity index (χ0) is 13.6. The van der Waals surface area contributed by atoms with Crippen molar-refractivity contribution in [3.8, 4) is 0 Å². The third-order valence-corrected chi connectivity index (χ3v) is 5.72. The van der Waals surface area contributed by atoms with E-state index in [-0.39, 0.29) is 11.5 Å². The lowest BCUT2D eigenvalue weighted by Gasteiger charge is -2.32. The van der Waals surface area contributed by atoms with Crippen LogP contribution in [0.2, 0.25) is 0 Å². The van der Waals surface area contributed by atoms with E-state index in [2.05, 4.69) is 6.92 Å². The van der Waals surface area contributed by atoms with Crippen molar-refractivity contribution in [3.63, 3.8) is 0 Å². The zero-order valence-electron chi connectivity index (χ0n) is 12.2. The molecule has 4 nitrogen and oxygen atoms in total. The van der Waals surface area contributed by atoms with E-state index < -0.39 is 5.60 Å². The average molecular weight is 265 g/mol. The minimum absolute atomic E-state index is 0.142. The Hall–Kier alpha value is -0.770. The van der Waals surface area contributed by atoms with Gasteiger partial charge in [-0.3, -0.25) is 0 Å². The van der Waals surface area contributed by atoms with Crippen molar-refractivity contribution < 1.29 is 14.3 Å². The molecule has 4 fully saturated rings. The number of rotatable bonds is 0. The van der Waals surface area contributed by atoms with E-state index in [1.54, 1.807) is 0 Å². The first-order valence-corrected chi connectivity index (χ1v) is 7.43. The molecule has 2 saturated heterocycles. The summed E-state index contributed by atoms with van der Waals surface area (Å²) >= 11 is 0. The van der Waals surface area contributed by atoms with E-state index in [1.165, 1.54) is 6.42 Å². The smallest absolute Gasteiger partial charge is 0.410 e. The summed E-state index contributed by atoms with van der Waals surface area (Å²) in [5, 5.41) is 0. The Labute approximate surface area is 114 Å². The minimum atomic E-state index is -0.403. The molecule has 2 bridgehead atoms. The minimum Gasteiger partial charge on any atom is -0.444 e. The lowest BCUT2D eigenvalue weighted by molar-refractivity contribution is 0.0251. The van der Waals surface area contributed by atoms with Gasteiger partial charge >= 0.3 is 6.09 Å². The monoisotopic (exact) mass is 265 g/mol. The molecule has 2 heterocycles. The standard InChI is InChI=1S/C15H23NO3/c1-14(2,3)19-13(17)16-6-10-8-5-9(12-11(8)18-12)15(10,4)7-16/h8-12H,5-7H2,1-4H3/t8-,9-,10-,11?,12?,15+/m1/s1.